The third-order valence-electron chi connectivity index (χ3n) is 3.07. The molecule has 1 saturated heterocycles. The van der Waals surface area contributed by atoms with Crippen LogP contribution in [0.2, 0.25) is 0 Å². The quantitative estimate of drug-likeness (QED) is 0.845. The van der Waals surface area contributed by atoms with Crippen LogP contribution in [0.1, 0.15) is 24.8 Å². The van der Waals surface area contributed by atoms with Crippen molar-refractivity contribution in [3.8, 4) is 0 Å². The molecule has 0 unspecified atom stereocenters. The number of rotatable bonds is 3. The molecule has 2 nitrogen and oxygen atoms in total. The molecule has 1 aliphatic rings. The zero-order valence-electron chi connectivity index (χ0n) is 9.59. The first-order valence-electron chi connectivity index (χ1n) is 5.77. The van der Waals surface area contributed by atoms with E-state index in [2.05, 4.69) is 4.90 Å². The minimum Gasteiger partial charge on any atom is -0.299 e. The normalized spacial score (nSPS) is 17.4. The standard InChI is InChI=1S/C12H16F2N2S/c13-10-7-12(17-15)11(14)6-9(10)8-16-4-2-1-3-5-16/h6-7H,1-5,8,15H2. The third-order valence-corrected chi connectivity index (χ3v) is 3.64. The fraction of sp³-hybridized carbons (Fsp3) is 0.500. The van der Waals surface area contributed by atoms with E-state index in [4.69, 9.17) is 5.14 Å². The lowest BCUT2D eigenvalue weighted by Crippen LogP contribution is -2.29. The highest BCUT2D eigenvalue weighted by molar-refractivity contribution is 7.97. The van der Waals surface area contributed by atoms with Crippen molar-refractivity contribution >= 4 is 11.9 Å². The molecular formula is C12H16F2N2S. The van der Waals surface area contributed by atoms with Crippen LogP contribution >= 0.6 is 11.9 Å². The largest absolute Gasteiger partial charge is 0.299 e. The van der Waals surface area contributed by atoms with Gasteiger partial charge in [0.2, 0.25) is 0 Å². The number of piperidine rings is 1. The summed E-state index contributed by atoms with van der Waals surface area (Å²) in [5, 5.41) is 5.25. The van der Waals surface area contributed by atoms with E-state index in [1.54, 1.807) is 0 Å². The number of hydrogen-bond donors (Lipinski definition) is 1. The van der Waals surface area contributed by atoms with Crippen molar-refractivity contribution in [3.63, 3.8) is 0 Å². The highest BCUT2D eigenvalue weighted by atomic mass is 32.2. The number of hydrogen-bond acceptors (Lipinski definition) is 3. The fourth-order valence-electron chi connectivity index (χ4n) is 2.14. The van der Waals surface area contributed by atoms with Gasteiger partial charge in [-0.1, -0.05) is 6.42 Å². The first-order valence-corrected chi connectivity index (χ1v) is 6.65. The summed E-state index contributed by atoms with van der Waals surface area (Å²) in [6, 6.07) is 2.44. The van der Waals surface area contributed by atoms with Gasteiger partial charge >= 0.3 is 0 Å². The molecule has 0 saturated carbocycles. The van der Waals surface area contributed by atoms with Crippen molar-refractivity contribution in [2.45, 2.75) is 30.7 Å². The zero-order chi connectivity index (χ0) is 12.3. The van der Waals surface area contributed by atoms with Crippen LogP contribution in [0, 0.1) is 11.6 Å². The van der Waals surface area contributed by atoms with Gasteiger partial charge in [-0.25, -0.2) is 8.78 Å². The maximum atomic E-state index is 13.7. The van der Waals surface area contributed by atoms with Gasteiger partial charge in [-0.15, -0.1) is 0 Å². The zero-order valence-corrected chi connectivity index (χ0v) is 10.4. The second-order valence-corrected chi connectivity index (χ2v) is 5.00. The highest BCUT2D eigenvalue weighted by Crippen LogP contribution is 2.23. The summed E-state index contributed by atoms with van der Waals surface area (Å²) in [6.07, 6.45) is 3.51. The summed E-state index contributed by atoms with van der Waals surface area (Å²) in [7, 11) is 0. The number of benzene rings is 1. The molecule has 0 atom stereocenters. The van der Waals surface area contributed by atoms with Crippen molar-refractivity contribution in [1.82, 2.24) is 4.90 Å². The first-order chi connectivity index (χ1) is 8.20. The van der Waals surface area contributed by atoms with Gasteiger partial charge in [-0.2, -0.15) is 0 Å². The Kier molecular flexibility index (Phi) is 4.36. The van der Waals surface area contributed by atoms with Gasteiger partial charge in [0.05, 0.1) is 4.90 Å². The predicted octanol–water partition coefficient (Wildman–Crippen LogP) is 2.92. The Balaban J connectivity index is 2.12. The summed E-state index contributed by atoms with van der Waals surface area (Å²) in [5.41, 5.74) is 0.419. The van der Waals surface area contributed by atoms with Gasteiger partial charge in [0.15, 0.2) is 0 Å². The summed E-state index contributed by atoms with van der Waals surface area (Å²) in [5.74, 6) is -0.809. The summed E-state index contributed by atoms with van der Waals surface area (Å²) >= 11 is 0.736. The highest BCUT2D eigenvalue weighted by Gasteiger charge is 2.15. The Morgan fingerprint density at radius 2 is 1.82 bits per heavy atom. The van der Waals surface area contributed by atoms with Gasteiger partial charge in [0.1, 0.15) is 11.6 Å². The van der Waals surface area contributed by atoms with Crippen molar-refractivity contribution in [3.05, 3.63) is 29.3 Å². The summed E-state index contributed by atoms with van der Waals surface area (Å²) in [6.45, 7) is 2.42. The lowest BCUT2D eigenvalue weighted by molar-refractivity contribution is 0.218. The van der Waals surface area contributed by atoms with Crippen LogP contribution in [0.5, 0.6) is 0 Å². The van der Waals surface area contributed by atoms with Gasteiger partial charge in [0.25, 0.3) is 0 Å². The number of likely N-dealkylation sites (tertiary alicyclic amines) is 1. The average Bonchev–Trinajstić information content (AvgIpc) is 2.34. The molecule has 2 N–H and O–H groups in total. The molecule has 0 radical (unpaired) electrons. The van der Waals surface area contributed by atoms with Gasteiger partial charge in [0, 0.05) is 12.1 Å². The van der Waals surface area contributed by atoms with Crippen molar-refractivity contribution in [1.29, 1.82) is 0 Å². The molecule has 94 valence electrons. The predicted molar refractivity (Wildman–Crippen MR) is 65.5 cm³/mol. The third kappa shape index (κ3) is 3.18. The molecule has 0 spiro atoms. The second kappa shape index (κ2) is 5.80. The number of nitrogens with zero attached hydrogens (tertiary/aromatic N) is 1. The molecule has 5 heteroatoms. The average molecular weight is 258 g/mol. The lowest BCUT2D eigenvalue weighted by atomic mass is 10.1. The fourth-order valence-corrected chi connectivity index (χ4v) is 2.48. The van der Waals surface area contributed by atoms with Crippen LogP contribution in [0.25, 0.3) is 0 Å². The van der Waals surface area contributed by atoms with Crippen LogP contribution in [0.15, 0.2) is 17.0 Å². The summed E-state index contributed by atoms with van der Waals surface area (Å²) in [4.78, 5) is 2.32. The molecule has 0 bridgehead atoms. The van der Waals surface area contributed by atoms with Crippen LogP contribution in [0.3, 0.4) is 0 Å². The number of halogens is 2. The van der Waals surface area contributed by atoms with E-state index in [9.17, 15) is 8.78 Å². The summed E-state index contributed by atoms with van der Waals surface area (Å²) < 4.78 is 27.2. The van der Waals surface area contributed by atoms with E-state index < -0.39 is 5.82 Å². The molecule has 0 amide bonds. The van der Waals surface area contributed by atoms with Gasteiger partial charge in [-0.3, -0.25) is 10.0 Å². The Morgan fingerprint density at radius 1 is 1.12 bits per heavy atom. The maximum absolute atomic E-state index is 13.7. The van der Waals surface area contributed by atoms with E-state index in [0.717, 1.165) is 37.9 Å². The Hall–Kier alpha value is -0.650. The first kappa shape index (κ1) is 12.8. The smallest absolute Gasteiger partial charge is 0.138 e. The molecule has 1 aromatic carbocycles. The van der Waals surface area contributed by atoms with E-state index in [1.165, 1.54) is 18.6 Å². The minimum absolute atomic E-state index is 0.157. The molecule has 1 aliphatic heterocycles. The molecule has 0 aliphatic carbocycles. The molecule has 0 aromatic heterocycles. The lowest BCUT2D eigenvalue weighted by Gasteiger charge is -2.26. The van der Waals surface area contributed by atoms with Gasteiger partial charge < -0.3 is 0 Å². The monoisotopic (exact) mass is 258 g/mol. The van der Waals surface area contributed by atoms with Crippen LogP contribution in [-0.2, 0) is 6.54 Å². The van der Waals surface area contributed by atoms with E-state index in [0.29, 0.717) is 12.1 Å². The van der Waals surface area contributed by atoms with Crippen molar-refractivity contribution in [2.75, 3.05) is 13.1 Å². The molecule has 17 heavy (non-hydrogen) atoms. The molecule has 2 rings (SSSR count). The molecular weight excluding hydrogens is 242 g/mol. The van der Waals surface area contributed by atoms with E-state index in [-0.39, 0.29) is 10.7 Å². The van der Waals surface area contributed by atoms with Crippen LogP contribution in [-0.4, -0.2) is 18.0 Å². The Morgan fingerprint density at radius 3 is 2.47 bits per heavy atom. The van der Waals surface area contributed by atoms with Gasteiger partial charge in [-0.05, 0) is 50.0 Å². The molecule has 1 aromatic rings. The Labute approximate surface area is 104 Å². The Bertz CT molecular complexity index is 392. The maximum Gasteiger partial charge on any atom is 0.138 e. The number of nitrogens with two attached hydrogens (primary N) is 1. The molecule has 1 heterocycles. The van der Waals surface area contributed by atoms with Crippen molar-refractivity contribution < 1.29 is 8.78 Å². The molecule has 1 fully saturated rings. The van der Waals surface area contributed by atoms with E-state index in [1.807, 2.05) is 0 Å². The second-order valence-electron chi connectivity index (χ2n) is 4.33. The SMILES string of the molecule is NSc1cc(F)c(CN2CCCCC2)cc1F. The van der Waals surface area contributed by atoms with Crippen molar-refractivity contribution in [2.24, 2.45) is 5.14 Å². The van der Waals surface area contributed by atoms with Crippen LogP contribution in [0.4, 0.5) is 8.78 Å². The van der Waals surface area contributed by atoms with E-state index >= 15 is 0 Å². The van der Waals surface area contributed by atoms with Crippen LogP contribution < -0.4 is 5.14 Å². The minimum atomic E-state index is -0.439. The topological polar surface area (TPSA) is 29.3 Å².